The lowest BCUT2D eigenvalue weighted by Crippen LogP contribution is -3.13. The van der Waals surface area contributed by atoms with E-state index in [4.69, 9.17) is 4.74 Å². The lowest BCUT2D eigenvalue weighted by molar-refractivity contribution is -0.924. The number of hydrogen-bond donors (Lipinski definition) is 1. The van der Waals surface area contributed by atoms with Crippen LogP contribution >= 0.6 is 11.8 Å². The van der Waals surface area contributed by atoms with Crippen molar-refractivity contribution in [2.24, 2.45) is 0 Å². The first-order valence-corrected chi connectivity index (χ1v) is 9.29. The van der Waals surface area contributed by atoms with Crippen LogP contribution in [-0.2, 0) is 11.3 Å². The molecule has 124 valence electrons. The molecule has 2 atom stereocenters. The number of nitrogens with zero attached hydrogens (tertiary/aromatic N) is 3. The number of nitrogens with one attached hydrogen (secondary N) is 1. The van der Waals surface area contributed by atoms with Crippen molar-refractivity contribution in [3.8, 4) is 0 Å². The second kappa shape index (κ2) is 7.34. The first-order chi connectivity index (χ1) is 11.9. The molecule has 2 aromatic heterocycles. The molecule has 1 unspecified atom stereocenters. The third kappa shape index (κ3) is 3.61. The van der Waals surface area contributed by atoms with Gasteiger partial charge in [-0.2, -0.15) is 0 Å². The fourth-order valence-corrected chi connectivity index (χ4v) is 4.03. The number of quaternary nitrogens is 1. The zero-order valence-corrected chi connectivity index (χ0v) is 14.3. The summed E-state index contributed by atoms with van der Waals surface area (Å²) in [5.74, 6) is 0.911. The molecular weight excluding hydrogens is 320 g/mol. The van der Waals surface area contributed by atoms with Crippen molar-refractivity contribution in [3.05, 3.63) is 60.3 Å². The Morgan fingerprint density at radius 1 is 1.12 bits per heavy atom. The van der Waals surface area contributed by atoms with Gasteiger partial charge in [0, 0.05) is 17.5 Å². The fraction of sp³-hybridized carbons (Fsp3) is 0.333. The molecule has 0 aliphatic carbocycles. The molecule has 5 nitrogen and oxygen atoms in total. The van der Waals surface area contributed by atoms with E-state index in [1.165, 1.54) is 5.56 Å². The summed E-state index contributed by atoms with van der Waals surface area (Å²) in [5, 5.41) is 9.41. The van der Waals surface area contributed by atoms with Crippen molar-refractivity contribution in [1.29, 1.82) is 0 Å². The Labute approximate surface area is 145 Å². The standard InChI is InChI=1S/C18H20N4OS/c1-2-6-15(7-3-1)12-21-10-11-23-16(13-21)14-24-18-20-19-17-8-4-5-9-22(17)18/h1-9,16H,10-14H2/p+1/t16-/m0/s1. The number of fused-ring (bicyclic) bond motifs is 1. The number of ether oxygens (including phenoxy) is 1. The summed E-state index contributed by atoms with van der Waals surface area (Å²) in [6, 6.07) is 16.7. The Kier molecular flexibility index (Phi) is 4.78. The predicted molar refractivity (Wildman–Crippen MR) is 94.3 cm³/mol. The van der Waals surface area contributed by atoms with E-state index in [1.54, 1.807) is 16.7 Å². The lowest BCUT2D eigenvalue weighted by atomic mass is 10.2. The van der Waals surface area contributed by atoms with Crippen LogP contribution in [0.3, 0.4) is 0 Å². The highest BCUT2D eigenvalue weighted by Crippen LogP contribution is 2.18. The SMILES string of the molecule is c1ccc(C[NH+]2CCO[C@H](CSc3nnc4ccccn34)C2)cc1. The van der Waals surface area contributed by atoms with Crippen molar-refractivity contribution in [3.63, 3.8) is 0 Å². The second-order valence-electron chi connectivity index (χ2n) is 6.08. The number of pyridine rings is 1. The van der Waals surface area contributed by atoms with Crippen LogP contribution in [0, 0.1) is 0 Å². The van der Waals surface area contributed by atoms with Gasteiger partial charge in [-0.05, 0) is 12.1 Å². The molecule has 1 aromatic carbocycles. The largest absolute Gasteiger partial charge is 0.366 e. The van der Waals surface area contributed by atoms with E-state index < -0.39 is 0 Å². The molecule has 0 radical (unpaired) electrons. The maximum Gasteiger partial charge on any atom is 0.195 e. The number of thioether (sulfide) groups is 1. The highest BCUT2D eigenvalue weighted by molar-refractivity contribution is 7.99. The maximum atomic E-state index is 5.96. The summed E-state index contributed by atoms with van der Waals surface area (Å²) in [4.78, 5) is 1.59. The van der Waals surface area contributed by atoms with Gasteiger partial charge in [-0.15, -0.1) is 10.2 Å². The molecule has 3 aromatic rings. The van der Waals surface area contributed by atoms with Crippen LogP contribution in [0.1, 0.15) is 5.56 Å². The van der Waals surface area contributed by atoms with Crippen molar-refractivity contribution in [2.75, 3.05) is 25.4 Å². The number of hydrogen-bond acceptors (Lipinski definition) is 4. The normalized spacial score (nSPS) is 21.2. The van der Waals surface area contributed by atoms with Gasteiger partial charge in [0.2, 0.25) is 0 Å². The van der Waals surface area contributed by atoms with Gasteiger partial charge in [0.05, 0.1) is 6.61 Å². The molecular formula is C18H21N4OS+. The van der Waals surface area contributed by atoms with Crippen molar-refractivity contribution in [1.82, 2.24) is 14.6 Å². The first kappa shape index (κ1) is 15.6. The topological polar surface area (TPSA) is 43.9 Å². The predicted octanol–water partition coefficient (Wildman–Crippen LogP) is 1.31. The van der Waals surface area contributed by atoms with Gasteiger partial charge >= 0.3 is 0 Å². The Morgan fingerprint density at radius 2 is 2.00 bits per heavy atom. The average molecular weight is 341 g/mol. The van der Waals surface area contributed by atoms with Crippen LogP contribution in [0.5, 0.6) is 0 Å². The Bertz CT molecular complexity index is 792. The van der Waals surface area contributed by atoms with Crippen LogP contribution in [0.4, 0.5) is 0 Å². The number of rotatable bonds is 5. The molecule has 24 heavy (non-hydrogen) atoms. The van der Waals surface area contributed by atoms with Crippen molar-refractivity contribution < 1.29 is 9.64 Å². The van der Waals surface area contributed by atoms with Crippen LogP contribution in [0.2, 0.25) is 0 Å². The Morgan fingerprint density at radius 3 is 2.92 bits per heavy atom. The fourth-order valence-electron chi connectivity index (χ4n) is 3.09. The first-order valence-electron chi connectivity index (χ1n) is 8.30. The van der Waals surface area contributed by atoms with E-state index in [-0.39, 0.29) is 6.10 Å². The Balaban J connectivity index is 1.35. The van der Waals surface area contributed by atoms with Gasteiger partial charge in [0.25, 0.3) is 0 Å². The smallest absolute Gasteiger partial charge is 0.195 e. The van der Waals surface area contributed by atoms with Crippen LogP contribution in [0.15, 0.2) is 59.9 Å². The van der Waals surface area contributed by atoms with E-state index in [0.29, 0.717) is 0 Å². The van der Waals surface area contributed by atoms with Crippen molar-refractivity contribution in [2.45, 2.75) is 17.8 Å². The minimum absolute atomic E-state index is 0.263. The van der Waals surface area contributed by atoms with E-state index in [0.717, 1.165) is 42.8 Å². The molecule has 3 heterocycles. The van der Waals surface area contributed by atoms with Gasteiger partial charge in [-0.1, -0.05) is 48.2 Å². The van der Waals surface area contributed by atoms with Gasteiger partial charge in [0.1, 0.15) is 25.7 Å². The average Bonchev–Trinajstić information content (AvgIpc) is 3.04. The molecule has 1 fully saturated rings. The van der Waals surface area contributed by atoms with Gasteiger partial charge in [0.15, 0.2) is 10.8 Å². The molecule has 1 saturated heterocycles. The van der Waals surface area contributed by atoms with E-state index in [1.807, 2.05) is 28.8 Å². The zero-order valence-electron chi connectivity index (χ0n) is 13.5. The molecule has 1 aliphatic heterocycles. The molecule has 1 aliphatic rings. The minimum atomic E-state index is 0.263. The quantitative estimate of drug-likeness (QED) is 0.711. The van der Waals surface area contributed by atoms with Crippen LogP contribution < -0.4 is 4.90 Å². The third-order valence-corrected chi connectivity index (χ3v) is 5.38. The highest BCUT2D eigenvalue weighted by atomic mass is 32.2. The second-order valence-corrected chi connectivity index (χ2v) is 7.07. The summed E-state index contributed by atoms with van der Waals surface area (Å²) < 4.78 is 7.99. The summed E-state index contributed by atoms with van der Waals surface area (Å²) in [6.45, 7) is 4.01. The van der Waals surface area contributed by atoms with Crippen LogP contribution in [-0.4, -0.2) is 46.2 Å². The summed E-state index contributed by atoms with van der Waals surface area (Å²) in [5.41, 5.74) is 2.28. The van der Waals surface area contributed by atoms with Gasteiger partial charge < -0.3 is 9.64 Å². The van der Waals surface area contributed by atoms with E-state index >= 15 is 0 Å². The number of morpholine rings is 1. The minimum Gasteiger partial charge on any atom is -0.366 e. The molecule has 1 N–H and O–H groups in total. The summed E-state index contributed by atoms with van der Waals surface area (Å²) >= 11 is 1.72. The molecule has 0 amide bonds. The summed E-state index contributed by atoms with van der Waals surface area (Å²) in [7, 11) is 0. The van der Waals surface area contributed by atoms with Gasteiger partial charge in [-0.3, -0.25) is 4.40 Å². The number of aromatic nitrogens is 3. The molecule has 0 bridgehead atoms. The monoisotopic (exact) mass is 341 g/mol. The number of benzene rings is 1. The highest BCUT2D eigenvalue weighted by Gasteiger charge is 2.24. The maximum absolute atomic E-state index is 5.96. The molecule has 4 rings (SSSR count). The van der Waals surface area contributed by atoms with Crippen LogP contribution in [0.25, 0.3) is 5.65 Å². The molecule has 0 spiro atoms. The zero-order chi connectivity index (χ0) is 16.2. The molecule has 0 saturated carbocycles. The Hall–Kier alpha value is -1.89. The van der Waals surface area contributed by atoms with E-state index in [2.05, 4.69) is 40.5 Å². The summed E-state index contributed by atoms with van der Waals surface area (Å²) in [6.07, 6.45) is 2.27. The van der Waals surface area contributed by atoms with E-state index in [9.17, 15) is 0 Å². The third-order valence-electron chi connectivity index (χ3n) is 4.30. The van der Waals surface area contributed by atoms with Gasteiger partial charge in [-0.25, -0.2) is 0 Å². The molecule has 6 heteroatoms. The lowest BCUT2D eigenvalue weighted by Gasteiger charge is -2.29. The van der Waals surface area contributed by atoms with Crippen molar-refractivity contribution >= 4 is 17.4 Å².